The molecule has 0 aromatic heterocycles. The van der Waals surface area contributed by atoms with Gasteiger partial charge in [-0.1, -0.05) is 64.8 Å². The van der Waals surface area contributed by atoms with Crippen LogP contribution in [0.2, 0.25) is 0 Å². The molecule has 4 saturated carbocycles. The maximum absolute atomic E-state index is 14.3. The second-order valence-electron chi connectivity index (χ2n) is 28.3. The van der Waals surface area contributed by atoms with Crippen molar-refractivity contribution >= 4 is 67.2 Å². The van der Waals surface area contributed by atoms with Crippen molar-refractivity contribution in [3.05, 3.63) is 37.5 Å². The molecule has 4 amide bonds. The Labute approximate surface area is 511 Å². The lowest BCUT2D eigenvalue weighted by molar-refractivity contribution is -0.160. The molecule has 0 aromatic carbocycles. The third-order valence-electron chi connectivity index (χ3n) is 18.6. The van der Waals surface area contributed by atoms with Crippen LogP contribution in [0.1, 0.15) is 198 Å². The van der Waals surface area contributed by atoms with Crippen LogP contribution in [0.3, 0.4) is 0 Å². The van der Waals surface area contributed by atoms with Gasteiger partial charge in [0.15, 0.2) is 11.6 Å². The smallest absolute Gasteiger partial charge is 0.307 e. The molecule has 0 bridgehead atoms. The highest BCUT2D eigenvalue weighted by molar-refractivity contribution is 7.91. The van der Waals surface area contributed by atoms with Gasteiger partial charge in [-0.15, -0.1) is 13.2 Å². The summed E-state index contributed by atoms with van der Waals surface area (Å²) in [5, 5.41) is 20.1. The number of carbonyl (C=O) groups is 8. The van der Waals surface area contributed by atoms with Crippen LogP contribution in [0, 0.1) is 58.2 Å². The number of nitrogens with zero attached hydrogens (tertiary/aromatic N) is 2. The summed E-state index contributed by atoms with van der Waals surface area (Å²) < 4.78 is 65.8. The summed E-state index contributed by atoms with van der Waals surface area (Å²) in [6.45, 7) is 26.2. The molecule has 0 aromatic rings. The number of esters is 2. The monoisotopic (exact) mass is 1240 g/mol. The highest BCUT2D eigenvalue weighted by Crippen LogP contribution is 2.58. The van der Waals surface area contributed by atoms with Crippen LogP contribution in [-0.4, -0.2) is 143 Å². The lowest BCUT2D eigenvalue weighted by Crippen LogP contribution is -2.48. The first-order valence-corrected chi connectivity index (χ1v) is 34.6. The van der Waals surface area contributed by atoms with Crippen molar-refractivity contribution in [3.63, 3.8) is 0 Å². The van der Waals surface area contributed by atoms with E-state index in [2.05, 4.69) is 36.4 Å². The third kappa shape index (κ3) is 18.4. The summed E-state index contributed by atoms with van der Waals surface area (Å²) in [5.74, 6) is -5.82. The summed E-state index contributed by atoms with van der Waals surface area (Å²) in [6, 6.07) is -1.95. The molecule has 86 heavy (non-hydrogen) atoms. The number of ketones is 2. The molecule has 7 aliphatic rings. The van der Waals surface area contributed by atoms with E-state index in [1.165, 1.54) is 9.80 Å². The minimum atomic E-state index is -3.81. The second kappa shape index (κ2) is 28.4. The van der Waals surface area contributed by atoms with E-state index in [9.17, 15) is 65.4 Å². The molecular formula is C64H100N4O16S2. The summed E-state index contributed by atoms with van der Waals surface area (Å²) in [7, 11) is -7.61. The maximum atomic E-state index is 14.3. The quantitative estimate of drug-likeness (QED) is 0.0574. The molecule has 3 heterocycles. The molecule has 7 rings (SSSR count). The van der Waals surface area contributed by atoms with E-state index in [1.807, 2.05) is 32.1 Å². The number of hydrogen-bond acceptors (Lipinski definition) is 16. The molecule has 20 nitrogen and oxygen atoms in total. The van der Waals surface area contributed by atoms with Gasteiger partial charge in [0.2, 0.25) is 43.7 Å². The van der Waals surface area contributed by atoms with Crippen molar-refractivity contribution in [1.29, 1.82) is 0 Å². The number of allylic oxidation sites excluding steroid dienone is 4. The van der Waals surface area contributed by atoms with Crippen LogP contribution in [0.4, 0.5) is 0 Å². The highest BCUT2D eigenvalue weighted by Gasteiger charge is 2.63. The number of aliphatic hydroxyl groups excluding tert-OH is 2. The third-order valence-corrected chi connectivity index (χ3v) is 22.2. The van der Waals surface area contributed by atoms with Crippen molar-refractivity contribution in [2.24, 2.45) is 58.2 Å². The van der Waals surface area contributed by atoms with E-state index in [4.69, 9.17) is 9.47 Å². The number of rotatable bonds is 23. The molecule has 4 aliphatic carbocycles. The van der Waals surface area contributed by atoms with Crippen LogP contribution in [0.5, 0.6) is 0 Å². The average molecular weight is 1250 g/mol. The van der Waals surface area contributed by atoms with Gasteiger partial charge in [0.05, 0.1) is 70.3 Å². The van der Waals surface area contributed by atoms with Crippen molar-refractivity contribution in [3.8, 4) is 0 Å². The maximum Gasteiger partial charge on any atom is 0.307 e. The van der Waals surface area contributed by atoms with Crippen molar-refractivity contribution in [1.82, 2.24) is 19.2 Å². The molecule has 22 heteroatoms. The first-order valence-electron chi connectivity index (χ1n) is 31.5. The van der Waals surface area contributed by atoms with Gasteiger partial charge < -0.3 is 29.5 Å². The predicted octanol–water partition coefficient (Wildman–Crippen LogP) is 7.35. The number of aliphatic hydroxyl groups is 2. The van der Waals surface area contributed by atoms with Gasteiger partial charge in [0.1, 0.15) is 11.2 Å². The number of sulfonamides is 2. The van der Waals surface area contributed by atoms with E-state index in [0.717, 1.165) is 25.7 Å². The van der Waals surface area contributed by atoms with Gasteiger partial charge >= 0.3 is 11.9 Å². The average Bonchev–Trinajstić information content (AvgIpc) is 1.75. The standard InChI is InChI=1S/C33H52N2O8S.C31H48N2O8S/c1-8-11-12-21(4)15-22(9-2)26(17-29(38)43-32(5,6)7)30(39)35-20-24(36)16-27(35)28(37)19-33(18-23(33)10-3)31(40)34-44(41,42)25-13-14-25;1-6-20-13-19(2)9-7-8-10-21-16-31(21,29(38)32-42(39,40)23-11-12-23)17-26(35)25-14-22(34)18-33(25)28(37)24(20)15-27(36)41-30(3,4)5/h8,10,21-27,36H,1,3,9,11-20H2,2,4-7H3,(H,34,40);8,10,19-25,34H,6-7,9,11-18H2,1-5H3,(H,32,38)/b;10-8-/t21?,22-,23-,24-,26+,27+,33-;19?,20-,21-,22-,24+,25+,31-/m11/s1. The Morgan fingerprint density at radius 1 is 0.826 bits per heavy atom. The number of carbonyl (C=O) groups excluding carboxylic acids is 8. The lowest BCUT2D eigenvalue weighted by atomic mass is 9.79. The summed E-state index contributed by atoms with van der Waals surface area (Å²) in [4.78, 5) is 112. The van der Waals surface area contributed by atoms with E-state index in [1.54, 1.807) is 47.6 Å². The molecule has 3 aliphatic heterocycles. The number of likely N-dealkylation sites (tertiary alicyclic amines) is 1. The normalized spacial score (nSPS) is 31.1. The second-order valence-corrected chi connectivity index (χ2v) is 32.2. The van der Waals surface area contributed by atoms with Crippen molar-refractivity contribution < 1.29 is 74.9 Å². The number of ether oxygens (including phenoxy) is 2. The minimum absolute atomic E-state index is 0.00703. The molecular weight excluding hydrogens is 1140 g/mol. The Morgan fingerprint density at radius 2 is 1.42 bits per heavy atom. The Balaban J connectivity index is 0.000000275. The molecule has 0 radical (unpaired) electrons. The number of Topliss-reactive ketones (excluding diaryl/α,β-unsaturated/α-hetero) is 2. The summed E-state index contributed by atoms with van der Waals surface area (Å²) >= 11 is 0. The van der Waals surface area contributed by atoms with E-state index in [0.29, 0.717) is 57.8 Å². The van der Waals surface area contributed by atoms with Crippen molar-refractivity contribution in [2.45, 2.75) is 244 Å². The van der Waals surface area contributed by atoms with Crippen LogP contribution >= 0.6 is 0 Å². The van der Waals surface area contributed by atoms with E-state index >= 15 is 0 Å². The molecule has 0 spiro atoms. The highest BCUT2D eigenvalue weighted by atomic mass is 32.2. The Bertz CT molecular complexity index is 2800. The largest absolute Gasteiger partial charge is 0.460 e. The molecule has 484 valence electrons. The minimum Gasteiger partial charge on any atom is -0.460 e. The zero-order valence-corrected chi connectivity index (χ0v) is 54.3. The molecule has 14 atom stereocenters. The zero-order valence-electron chi connectivity index (χ0n) is 52.7. The lowest BCUT2D eigenvalue weighted by Gasteiger charge is -2.33. The number of fused-ring (bicyclic) bond motifs is 2. The van der Waals surface area contributed by atoms with Crippen molar-refractivity contribution in [2.75, 3.05) is 13.1 Å². The predicted molar refractivity (Wildman–Crippen MR) is 324 cm³/mol. The summed E-state index contributed by atoms with van der Waals surface area (Å²) in [5.41, 5.74) is -3.91. The molecule has 4 N–H and O–H groups in total. The summed E-state index contributed by atoms with van der Waals surface area (Å²) in [6.07, 6.45) is 13.4. The SMILES string of the molecule is C=CCCC(C)C[C@@H](CC)[C@H](CC(=O)OC(C)(C)C)C(=O)N1C[C@H](O)C[C@H]1C(=O)C[C@]1(C(=O)NS(=O)(=O)C2CC2)C[C@H]1C=C.CC[C@@H]1CC(C)CC/C=C\[C@@H]2C[C@@]2(C(=O)NS(=O)(=O)C2CC2)CC(=O)[C@@H]2C[C@@H](O)CN2C(=O)[C@H]1CC(=O)OC(C)(C)C. The Morgan fingerprint density at radius 3 is 1.97 bits per heavy atom. The van der Waals surface area contributed by atoms with Gasteiger partial charge in [-0.25, -0.2) is 16.8 Å². The molecule has 2 saturated heterocycles. The van der Waals surface area contributed by atoms with Gasteiger partial charge in [-0.2, -0.15) is 0 Å². The topological polar surface area (TPSA) is 294 Å². The molecule has 2 unspecified atom stereocenters. The van der Waals surface area contributed by atoms with Crippen LogP contribution in [0.25, 0.3) is 0 Å². The van der Waals surface area contributed by atoms with E-state index in [-0.39, 0.29) is 111 Å². The Hall–Kier alpha value is -4.80. The fraction of sp³-hybridized carbons (Fsp3) is 0.781. The van der Waals surface area contributed by atoms with Gasteiger partial charge in [-0.3, -0.25) is 47.8 Å². The first-order chi connectivity index (χ1) is 40.0. The number of amides is 4. The Kier molecular flexibility index (Phi) is 23.2. The molecule has 6 fully saturated rings. The number of β-amino-alcohol motifs (C(OH)–C–C–N with tert-alkyl or cyclic N) is 1. The number of nitrogens with one attached hydrogen (secondary N) is 2. The number of hydrogen-bond donors (Lipinski definition) is 4. The van der Waals surface area contributed by atoms with Crippen LogP contribution in [-0.2, 0) is 67.9 Å². The van der Waals surface area contributed by atoms with Gasteiger partial charge in [0.25, 0.3) is 0 Å². The van der Waals surface area contributed by atoms with Crippen LogP contribution < -0.4 is 9.44 Å². The van der Waals surface area contributed by atoms with Gasteiger partial charge in [0, 0.05) is 38.8 Å². The van der Waals surface area contributed by atoms with Gasteiger partial charge in [-0.05, 0) is 154 Å². The zero-order chi connectivity index (χ0) is 64.1. The fourth-order valence-corrected chi connectivity index (χ4v) is 16.1. The van der Waals surface area contributed by atoms with E-state index < -0.39 is 118 Å². The fourth-order valence-electron chi connectivity index (χ4n) is 13.3. The van der Waals surface area contributed by atoms with Crippen LogP contribution in [0.15, 0.2) is 37.5 Å². The first kappa shape index (κ1) is 70.3.